The monoisotopic (exact) mass is 330 g/mol. The highest BCUT2D eigenvalue weighted by Crippen LogP contribution is 2.32. The maximum atomic E-state index is 13.1. The van der Waals surface area contributed by atoms with Crippen molar-refractivity contribution in [2.24, 2.45) is 11.7 Å². The Hall–Kier alpha value is -1.95. The molecule has 2 N–H and O–H groups in total. The largest absolute Gasteiger partial charge is 0.369 e. The lowest BCUT2D eigenvalue weighted by molar-refractivity contribution is -0.141. The van der Waals surface area contributed by atoms with E-state index in [0.717, 1.165) is 57.4 Å². The first kappa shape index (κ1) is 16.9. The number of carbonyl (C=O) groups is 2. The third kappa shape index (κ3) is 3.93. The number of piperidine rings is 2. The number of nitrogens with two attached hydrogens (primary N) is 1. The quantitative estimate of drug-likeness (QED) is 0.903. The smallest absolute Gasteiger partial charge is 0.231 e. The summed E-state index contributed by atoms with van der Waals surface area (Å²) >= 11 is 0. The van der Waals surface area contributed by atoms with E-state index in [0.29, 0.717) is 6.54 Å². The minimum Gasteiger partial charge on any atom is -0.369 e. The van der Waals surface area contributed by atoms with Gasteiger partial charge in [-0.2, -0.15) is 0 Å². The van der Waals surface area contributed by atoms with Gasteiger partial charge >= 0.3 is 0 Å². The van der Waals surface area contributed by atoms with Crippen LogP contribution in [0.25, 0.3) is 0 Å². The van der Waals surface area contributed by atoms with Crippen molar-refractivity contribution < 1.29 is 9.59 Å². The summed E-state index contributed by atoms with van der Waals surface area (Å²) in [6.45, 7) is 2.64. The van der Waals surface area contributed by atoms with Crippen LogP contribution in [0.2, 0.25) is 0 Å². The summed E-state index contributed by atoms with van der Waals surface area (Å²) in [5.74, 6) is 0.00791. The number of hydrogen-bond donors (Lipinski definition) is 1. The molecule has 2 saturated heterocycles. The van der Waals surface area contributed by atoms with Gasteiger partial charge in [0.05, 0.1) is 18.3 Å². The lowest BCUT2D eigenvalue weighted by Crippen LogP contribution is -2.47. The van der Waals surface area contributed by atoms with Gasteiger partial charge < -0.3 is 10.6 Å². The van der Waals surface area contributed by atoms with Gasteiger partial charge in [0.1, 0.15) is 0 Å². The van der Waals surface area contributed by atoms with Gasteiger partial charge in [-0.1, -0.05) is 6.07 Å². The lowest BCUT2D eigenvalue weighted by atomic mass is 9.91. The van der Waals surface area contributed by atoms with Crippen LogP contribution in [-0.2, 0) is 9.59 Å². The molecule has 1 atom stereocenters. The molecule has 0 unspecified atom stereocenters. The van der Waals surface area contributed by atoms with E-state index in [4.69, 9.17) is 5.73 Å². The molecule has 0 saturated carbocycles. The van der Waals surface area contributed by atoms with Crippen LogP contribution in [0.15, 0.2) is 24.4 Å². The van der Waals surface area contributed by atoms with Gasteiger partial charge in [-0.05, 0) is 57.3 Å². The fourth-order valence-electron chi connectivity index (χ4n) is 3.87. The molecule has 1 aromatic heterocycles. The van der Waals surface area contributed by atoms with E-state index in [1.165, 1.54) is 0 Å². The zero-order chi connectivity index (χ0) is 16.9. The second-order valence-corrected chi connectivity index (χ2v) is 6.81. The minimum absolute atomic E-state index is 0.0541. The first-order valence-corrected chi connectivity index (χ1v) is 8.87. The average Bonchev–Trinajstić information content (AvgIpc) is 2.62. The Labute approximate surface area is 143 Å². The molecular weight excluding hydrogens is 304 g/mol. The molecule has 0 aromatic carbocycles. The van der Waals surface area contributed by atoms with Gasteiger partial charge in [-0.3, -0.25) is 19.5 Å². The molecule has 3 heterocycles. The van der Waals surface area contributed by atoms with Crippen LogP contribution >= 0.6 is 0 Å². The molecule has 130 valence electrons. The summed E-state index contributed by atoms with van der Waals surface area (Å²) in [5.41, 5.74) is 6.25. The summed E-state index contributed by atoms with van der Waals surface area (Å²) in [7, 11) is 0. The van der Waals surface area contributed by atoms with Gasteiger partial charge in [0.15, 0.2) is 0 Å². The highest BCUT2D eigenvalue weighted by molar-refractivity contribution is 5.79. The molecule has 0 aliphatic carbocycles. The minimum atomic E-state index is -0.300. The van der Waals surface area contributed by atoms with Crippen molar-refractivity contribution in [3.8, 4) is 0 Å². The number of amides is 2. The third-order valence-electron chi connectivity index (χ3n) is 5.13. The van der Waals surface area contributed by atoms with Crippen LogP contribution in [0.3, 0.4) is 0 Å². The molecule has 3 rings (SSSR count). The van der Waals surface area contributed by atoms with Crippen molar-refractivity contribution in [2.45, 2.75) is 38.1 Å². The number of pyridine rings is 1. The Morgan fingerprint density at radius 3 is 2.58 bits per heavy atom. The Kier molecular flexibility index (Phi) is 5.45. The predicted octanol–water partition coefficient (Wildman–Crippen LogP) is 1.33. The molecule has 6 nitrogen and oxygen atoms in total. The van der Waals surface area contributed by atoms with Crippen LogP contribution in [0.1, 0.15) is 43.8 Å². The molecular formula is C18H26N4O2. The number of aromatic nitrogens is 1. The molecule has 0 bridgehead atoms. The lowest BCUT2D eigenvalue weighted by Gasteiger charge is -2.39. The molecule has 0 spiro atoms. The number of carbonyl (C=O) groups excluding carboxylic acids is 2. The molecule has 2 aliphatic rings. The molecule has 6 heteroatoms. The standard InChI is InChI=1S/C18H26N4O2/c19-17(23)13-21-11-7-14(8-12-21)18(24)22-10-4-2-6-16(22)15-5-1-3-9-20-15/h1,3,5,9,14,16H,2,4,6-8,10-13H2,(H2,19,23)/t16-/m1/s1. The van der Waals surface area contributed by atoms with Crippen molar-refractivity contribution in [1.82, 2.24) is 14.8 Å². The van der Waals surface area contributed by atoms with Gasteiger partial charge in [0.2, 0.25) is 11.8 Å². The molecule has 2 amide bonds. The zero-order valence-corrected chi connectivity index (χ0v) is 14.1. The van der Waals surface area contributed by atoms with E-state index in [9.17, 15) is 9.59 Å². The number of nitrogens with zero attached hydrogens (tertiary/aromatic N) is 3. The van der Waals surface area contributed by atoms with Crippen LogP contribution in [-0.4, -0.2) is 52.8 Å². The van der Waals surface area contributed by atoms with E-state index >= 15 is 0 Å². The van der Waals surface area contributed by atoms with Crippen molar-refractivity contribution in [3.05, 3.63) is 30.1 Å². The van der Waals surface area contributed by atoms with E-state index in [1.54, 1.807) is 6.20 Å². The topological polar surface area (TPSA) is 79.5 Å². The van der Waals surface area contributed by atoms with Gasteiger partial charge in [-0.25, -0.2) is 0 Å². The van der Waals surface area contributed by atoms with Gasteiger partial charge in [0.25, 0.3) is 0 Å². The first-order chi connectivity index (χ1) is 11.6. The Morgan fingerprint density at radius 2 is 1.92 bits per heavy atom. The maximum absolute atomic E-state index is 13.1. The number of hydrogen-bond acceptors (Lipinski definition) is 4. The second-order valence-electron chi connectivity index (χ2n) is 6.81. The van der Waals surface area contributed by atoms with Crippen molar-refractivity contribution >= 4 is 11.8 Å². The van der Waals surface area contributed by atoms with E-state index < -0.39 is 0 Å². The molecule has 1 aromatic rings. The number of primary amides is 1. The van der Waals surface area contributed by atoms with Crippen LogP contribution in [0, 0.1) is 5.92 Å². The first-order valence-electron chi connectivity index (χ1n) is 8.87. The number of likely N-dealkylation sites (tertiary alicyclic amines) is 2. The van der Waals surface area contributed by atoms with E-state index in [-0.39, 0.29) is 23.8 Å². The Balaban J connectivity index is 1.64. The van der Waals surface area contributed by atoms with Crippen LogP contribution in [0.5, 0.6) is 0 Å². The summed E-state index contributed by atoms with van der Waals surface area (Å²) in [4.78, 5) is 32.6. The summed E-state index contributed by atoms with van der Waals surface area (Å²) < 4.78 is 0. The Bertz CT molecular complexity index is 570. The highest BCUT2D eigenvalue weighted by atomic mass is 16.2. The third-order valence-corrected chi connectivity index (χ3v) is 5.13. The fraction of sp³-hybridized carbons (Fsp3) is 0.611. The predicted molar refractivity (Wildman–Crippen MR) is 90.9 cm³/mol. The summed E-state index contributed by atoms with van der Waals surface area (Å²) in [6, 6.07) is 6.02. The molecule has 2 fully saturated rings. The van der Waals surface area contributed by atoms with Crippen LogP contribution in [0.4, 0.5) is 0 Å². The summed E-state index contributed by atoms with van der Waals surface area (Å²) in [5, 5.41) is 0. The number of rotatable bonds is 4. The normalized spacial score (nSPS) is 23.2. The van der Waals surface area contributed by atoms with Gasteiger partial charge in [-0.15, -0.1) is 0 Å². The van der Waals surface area contributed by atoms with E-state index in [2.05, 4.69) is 4.98 Å². The summed E-state index contributed by atoms with van der Waals surface area (Å²) in [6.07, 6.45) is 6.60. The van der Waals surface area contributed by atoms with E-state index in [1.807, 2.05) is 28.0 Å². The zero-order valence-electron chi connectivity index (χ0n) is 14.1. The Morgan fingerprint density at radius 1 is 1.12 bits per heavy atom. The van der Waals surface area contributed by atoms with Gasteiger partial charge in [0, 0.05) is 18.7 Å². The van der Waals surface area contributed by atoms with Crippen molar-refractivity contribution in [3.63, 3.8) is 0 Å². The second kappa shape index (κ2) is 7.75. The molecule has 2 aliphatic heterocycles. The SMILES string of the molecule is NC(=O)CN1CCC(C(=O)N2CCCC[C@@H]2c2ccccn2)CC1. The molecule has 0 radical (unpaired) electrons. The van der Waals surface area contributed by atoms with Crippen molar-refractivity contribution in [1.29, 1.82) is 0 Å². The molecule has 24 heavy (non-hydrogen) atoms. The fourth-order valence-corrected chi connectivity index (χ4v) is 3.87. The average molecular weight is 330 g/mol. The highest BCUT2D eigenvalue weighted by Gasteiger charge is 2.34. The van der Waals surface area contributed by atoms with Crippen LogP contribution < -0.4 is 5.73 Å². The van der Waals surface area contributed by atoms with Crippen molar-refractivity contribution in [2.75, 3.05) is 26.2 Å². The maximum Gasteiger partial charge on any atom is 0.231 e.